The smallest absolute Gasteiger partial charge is 0.345 e. The summed E-state index contributed by atoms with van der Waals surface area (Å²) >= 11 is 5.75. The second-order valence-corrected chi connectivity index (χ2v) is 5.18. The minimum absolute atomic E-state index is 0.135. The van der Waals surface area contributed by atoms with Crippen molar-refractivity contribution in [3.8, 4) is 5.75 Å². The van der Waals surface area contributed by atoms with Gasteiger partial charge in [0.2, 0.25) is 0 Å². The Balaban J connectivity index is 2.04. The maximum atomic E-state index is 12.0. The Morgan fingerprint density at radius 1 is 1.24 bits per heavy atom. The number of nitro benzene ring substituents is 1. The second-order valence-electron chi connectivity index (χ2n) is 4.74. The molecule has 0 aliphatic carbocycles. The highest BCUT2D eigenvalue weighted by Crippen LogP contribution is 2.24. The summed E-state index contributed by atoms with van der Waals surface area (Å²) in [7, 11) is 1.45. The van der Waals surface area contributed by atoms with E-state index in [1.165, 1.54) is 13.2 Å². The van der Waals surface area contributed by atoms with Crippen LogP contribution < -0.4 is 10.1 Å². The Labute approximate surface area is 147 Å². The van der Waals surface area contributed by atoms with Gasteiger partial charge in [-0.25, -0.2) is 4.79 Å². The molecule has 0 saturated carbocycles. The molecule has 0 spiro atoms. The molecule has 2 aromatic rings. The molecule has 1 N–H and O–H groups in total. The largest absolute Gasteiger partial charge is 0.495 e. The highest BCUT2D eigenvalue weighted by Gasteiger charge is 2.22. The zero-order chi connectivity index (χ0) is 18.4. The number of rotatable bonds is 6. The first-order chi connectivity index (χ1) is 11.9. The Morgan fingerprint density at radius 2 is 1.96 bits per heavy atom. The first-order valence-electron chi connectivity index (χ1n) is 6.96. The summed E-state index contributed by atoms with van der Waals surface area (Å²) in [5.74, 6) is -1.21. The van der Waals surface area contributed by atoms with Crippen LogP contribution in [0, 0.1) is 10.1 Å². The summed E-state index contributed by atoms with van der Waals surface area (Å²) in [4.78, 5) is 34.1. The Morgan fingerprint density at radius 3 is 2.64 bits per heavy atom. The maximum absolute atomic E-state index is 12.0. The minimum atomic E-state index is -1.02. The van der Waals surface area contributed by atoms with Crippen molar-refractivity contribution < 1.29 is 24.0 Å². The average Bonchev–Trinajstić information content (AvgIpc) is 2.59. The minimum Gasteiger partial charge on any atom is -0.495 e. The zero-order valence-electron chi connectivity index (χ0n) is 13.0. The fourth-order valence-corrected chi connectivity index (χ4v) is 2.15. The van der Waals surface area contributed by atoms with Crippen molar-refractivity contribution in [3.05, 3.63) is 63.2 Å². The molecule has 130 valence electrons. The van der Waals surface area contributed by atoms with Crippen LogP contribution in [0.15, 0.2) is 42.5 Å². The number of methoxy groups -OCH3 is 1. The van der Waals surface area contributed by atoms with E-state index in [1.807, 2.05) is 0 Å². The average molecular weight is 365 g/mol. The quantitative estimate of drug-likeness (QED) is 0.479. The Hall–Kier alpha value is -3.13. The van der Waals surface area contributed by atoms with Gasteiger partial charge in [-0.05, 0) is 24.3 Å². The lowest BCUT2D eigenvalue weighted by atomic mass is 10.2. The number of ether oxygens (including phenoxy) is 2. The third kappa shape index (κ3) is 4.67. The SMILES string of the molecule is COc1ccccc1NC(=O)COC(=O)c1cc(Cl)ccc1[N+](=O)[O-]. The molecule has 0 aliphatic rings. The van der Waals surface area contributed by atoms with Crippen LogP contribution in [-0.2, 0) is 9.53 Å². The summed E-state index contributed by atoms with van der Waals surface area (Å²) in [6, 6.07) is 10.2. The van der Waals surface area contributed by atoms with Gasteiger partial charge in [0, 0.05) is 11.1 Å². The van der Waals surface area contributed by atoms with Gasteiger partial charge < -0.3 is 14.8 Å². The molecule has 0 bridgehead atoms. The van der Waals surface area contributed by atoms with Crippen molar-refractivity contribution in [2.75, 3.05) is 19.0 Å². The number of hydrogen-bond donors (Lipinski definition) is 1. The van der Waals surface area contributed by atoms with Crippen molar-refractivity contribution in [1.29, 1.82) is 0 Å². The van der Waals surface area contributed by atoms with E-state index >= 15 is 0 Å². The van der Waals surface area contributed by atoms with Crippen LogP contribution >= 0.6 is 11.6 Å². The molecule has 0 heterocycles. The number of para-hydroxylation sites is 2. The highest BCUT2D eigenvalue weighted by molar-refractivity contribution is 6.31. The third-order valence-electron chi connectivity index (χ3n) is 3.09. The van der Waals surface area contributed by atoms with E-state index in [2.05, 4.69) is 5.32 Å². The number of anilines is 1. The molecule has 1 amide bonds. The summed E-state index contributed by atoms with van der Waals surface area (Å²) in [5.41, 5.74) is -0.387. The molecule has 0 saturated heterocycles. The predicted octanol–water partition coefficient (Wildman–Crippen LogP) is 3.05. The molecule has 0 atom stereocenters. The number of benzene rings is 2. The number of amides is 1. The van der Waals surface area contributed by atoms with Gasteiger partial charge in [0.15, 0.2) is 6.61 Å². The van der Waals surface area contributed by atoms with Crippen LogP contribution in [0.25, 0.3) is 0 Å². The Kier molecular flexibility index (Phi) is 5.91. The van der Waals surface area contributed by atoms with E-state index in [0.717, 1.165) is 12.1 Å². The van der Waals surface area contributed by atoms with Crippen LogP contribution in [0.1, 0.15) is 10.4 Å². The summed E-state index contributed by atoms with van der Waals surface area (Å²) < 4.78 is 9.91. The predicted molar refractivity (Wildman–Crippen MR) is 90.0 cm³/mol. The van der Waals surface area contributed by atoms with Gasteiger partial charge >= 0.3 is 5.97 Å². The van der Waals surface area contributed by atoms with Crippen molar-refractivity contribution in [1.82, 2.24) is 0 Å². The topological polar surface area (TPSA) is 108 Å². The standard InChI is InChI=1S/C16H13ClN2O6/c1-24-14-5-3-2-4-12(14)18-15(20)9-25-16(21)11-8-10(17)6-7-13(11)19(22)23/h2-8H,9H2,1H3,(H,18,20). The number of nitro groups is 1. The molecule has 8 nitrogen and oxygen atoms in total. The molecule has 0 unspecified atom stereocenters. The molecule has 25 heavy (non-hydrogen) atoms. The number of carbonyl (C=O) groups excluding carboxylic acids is 2. The van der Waals surface area contributed by atoms with Gasteiger partial charge in [-0.2, -0.15) is 0 Å². The lowest BCUT2D eigenvalue weighted by molar-refractivity contribution is -0.385. The van der Waals surface area contributed by atoms with Gasteiger partial charge in [0.25, 0.3) is 11.6 Å². The molecule has 2 rings (SSSR count). The van der Waals surface area contributed by atoms with Gasteiger partial charge in [-0.15, -0.1) is 0 Å². The number of nitrogens with zero attached hydrogens (tertiary/aromatic N) is 1. The van der Waals surface area contributed by atoms with Crippen LogP contribution in [0.3, 0.4) is 0 Å². The van der Waals surface area contributed by atoms with Crippen molar-refractivity contribution in [2.24, 2.45) is 0 Å². The van der Waals surface area contributed by atoms with Crippen molar-refractivity contribution in [2.45, 2.75) is 0 Å². The van der Waals surface area contributed by atoms with Gasteiger partial charge in [0.1, 0.15) is 11.3 Å². The number of nitrogens with one attached hydrogen (secondary N) is 1. The first-order valence-corrected chi connectivity index (χ1v) is 7.34. The van der Waals surface area contributed by atoms with Gasteiger partial charge in [-0.1, -0.05) is 23.7 Å². The molecule has 0 radical (unpaired) electrons. The molecule has 0 fully saturated rings. The third-order valence-corrected chi connectivity index (χ3v) is 3.33. The van der Waals surface area contributed by atoms with E-state index in [1.54, 1.807) is 24.3 Å². The lowest BCUT2D eigenvalue weighted by Gasteiger charge is -2.10. The first kappa shape index (κ1) is 18.2. The summed E-state index contributed by atoms with van der Waals surface area (Å²) in [6.45, 7) is -0.624. The second kappa shape index (κ2) is 8.11. The zero-order valence-corrected chi connectivity index (χ0v) is 13.8. The van der Waals surface area contributed by atoms with E-state index in [4.69, 9.17) is 21.1 Å². The van der Waals surface area contributed by atoms with Crippen LogP contribution in [-0.4, -0.2) is 30.5 Å². The number of carbonyl (C=O) groups is 2. The van der Waals surface area contributed by atoms with Gasteiger partial charge in [0.05, 0.1) is 17.7 Å². The Bertz CT molecular complexity index is 824. The monoisotopic (exact) mass is 364 g/mol. The molecule has 0 aliphatic heterocycles. The van der Waals surface area contributed by atoms with Crippen molar-refractivity contribution in [3.63, 3.8) is 0 Å². The van der Waals surface area contributed by atoms with Crippen LogP contribution in [0.5, 0.6) is 5.75 Å². The summed E-state index contributed by atoms with van der Waals surface area (Å²) in [6.07, 6.45) is 0. The van der Waals surface area contributed by atoms with Crippen molar-refractivity contribution >= 4 is 34.9 Å². The van der Waals surface area contributed by atoms with E-state index < -0.39 is 29.1 Å². The van der Waals surface area contributed by atoms with Gasteiger partial charge in [-0.3, -0.25) is 14.9 Å². The molecular weight excluding hydrogens is 352 g/mol. The summed E-state index contributed by atoms with van der Waals surface area (Å²) in [5, 5.41) is 13.6. The van der Waals surface area contributed by atoms with Crippen LogP contribution in [0.2, 0.25) is 5.02 Å². The molecular formula is C16H13ClN2O6. The highest BCUT2D eigenvalue weighted by atomic mass is 35.5. The number of esters is 1. The number of halogens is 1. The number of hydrogen-bond acceptors (Lipinski definition) is 6. The fourth-order valence-electron chi connectivity index (χ4n) is 1.97. The molecule has 9 heteroatoms. The normalized spacial score (nSPS) is 10.0. The molecule has 2 aromatic carbocycles. The van der Waals surface area contributed by atoms with E-state index in [9.17, 15) is 19.7 Å². The molecule has 0 aromatic heterocycles. The lowest BCUT2D eigenvalue weighted by Crippen LogP contribution is -2.21. The van der Waals surface area contributed by atoms with E-state index in [-0.39, 0.29) is 10.6 Å². The van der Waals surface area contributed by atoms with E-state index in [0.29, 0.717) is 11.4 Å². The fraction of sp³-hybridized carbons (Fsp3) is 0.125. The van der Waals surface area contributed by atoms with Crippen LogP contribution in [0.4, 0.5) is 11.4 Å². The maximum Gasteiger partial charge on any atom is 0.345 e.